The first kappa shape index (κ1) is 30.0. The summed E-state index contributed by atoms with van der Waals surface area (Å²) in [6.07, 6.45) is 0. The number of hydrogen-bond acceptors (Lipinski definition) is 3. The van der Waals surface area contributed by atoms with Gasteiger partial charge >= 0.3 is 0 Å². The summed E-state index contributed by atoms with van der Waals surface area (Å²) in [5, 5.41) is 9.85. The lowest BCUT2D eigenvalue weighted by molar-refractivity contribution is 0.669. The zero-order valence-electron chi connectivity index (χ0n) is 28.7. The van der Waals surface area contributed by atoms with Crippen molar-refractivity contribution in [3.05, 3.63) is 188 Å². The number of fused-ring (bicyclic) bond motifs is 9. The highest BCUT2D eigenvalue weighted by molar-refractivity contribution is 7.26. The summed E-state index contributed by atoms with van der Waals surface area (Å²) in [4.78, 5) is 2.36. The Morgan fingerprint density at radius 2 is 1.06 bits per heavy atom. The third kappa shape index (κ3) is 4.78. The molecule has 0 amide bonds. The van der Waals surface area contributed by atoms with E-state index in [0.29, 0.717) is 0 Å². The van der Waals surface area contributed by atoms with E-state index in [2.05, 4.69) is 187 Å². The number of anilines is 3. The van der Waals surface area contributed by atoms with E-state index in [4.69, 9.17) is 4.42 Å². The van der Waals surface area contributed by atoms with E-state index in [9.17, 15) is 0 Å². The van der Waals surface area contributed by atoms with Gasteiger partial charge in [0.2, 0.25) is 0 Å². The molecule has 0 saturated heterocycles. The van der Waals surface area contributed by atoms with Crippen molar-refractivity contribution in [2.75, 3.05) is 4.90 Å². The molecule has 0 radical (unpaired) electrons. The molecule has 0 spiro atoms. The minimum absolute atomic E-state index is 0.874. The van der Waals surface area contributed by atoms with Crippen molar-refractivity contribution in [1.82, 2.24) is 0 Å². The monoisotopic (exact) mass is 693 g/mol. The lowest BCUT2D eigenvalue weighted by Crippen LogP contribution is -2.10. The van der Waals surface area contributed by atoms with E-state index in [0.717, 1.165) is 39.0 Å². The molecule has 0 aliphatic carbocycles. The van der Waals surface area contributed by atoms with Gasteiger partial charge in [-0.25, -0.2) is 0 Å². The van der Waals surface area contributed by atoms with Crippen molar-refractivity contribution in [2.45, 2.75) is 0 Å². The number of hydrogen-bond donors (Lipinski definition) is 0. The van der Waals surface area contributed by atoms with Crippen molar-refractivity contribution in [2.24, 2.45) is 0 Å². The maximum absolute atomic E-state index is 6.66. The van der Waals surface area contributed by atoms with Gasteiger partial charge in [-0.15, -0.1) is 11.3 Å². The van der Waals surface area contributed by atoms with Gasteiger partial charge < -0.3 is 9.32 Å². The van der Waals surface area contributed by atoms with Crippen LogP contribution in [-0.2, 0) is 0 Å². The number of furan rings is 1. The van der Waals surface area contributed by atoms with Crippen LogP contribution in [0.15, 0.2) is 192 Å². The zero-order valence-corrected chi connectivity index (χ0v) is 29.5. The van der Waals surface area contributed by atoms with Gasteiger partial charge in [0.1, 0.15) is 5.58 Å². The molecule has 2 nitrogen and oxygen atoms in total. The average Bonchev–Trinajstić information content (AvgIpc) is 3.80. The Labute approximate surface area is 310 Å². The van der Waals surface area contributed by atoms with Crippen LogP contribution in [0, 0.1) is 0 Å². The third-order valence-electron chi connectivity index (χ3n) is 10.7. The lowest BCUT2D eigenvalue weighted by Gasteiger charge is -2.26. The molecule has 11 aromatic rings. The van der Waals surface area contributed by atoms with Crippen LogP contribution in [0.2, 0.25) is 0 Å². The van der Waals surface area contributed by atoms with E-state index < -0.39 is 0 Å². The summed E-state index contributed by atoms with van der Waals surface area (Å²) in [7, 11) is 0. The Bertz CT molecular complexity index is 3170. The Balaban J connectivity index is 1.16. The number of rotatable bonds is 5. The molecule has 0 aliphatic rings. The number of thiophene rings is 1. The van der Waals surface area contributed by atoms with Crippen LogP contribution < -0.4 is 4.90 Å². The predicted octanol–water partition coefficient (Wildman–Crippen LogP) is 15.1. The molecule has 11 rings (SSSR count). The number of nitrogens with zero attached hydrogens (tertiary/aromatic N) is 1. The van der Waals surface area contributed by atoms with Crippen LogP contribution in [0.5, 0.6) is 0 Å². The summed E-state index contributed by atoms with van der Waals surface area (Å²) in [5.74, 6) is 0. The number of benzene rings is 9. The Morgan fingerprint density at radius 3 is 1.94 bits per heavy atom. The van der Waals surface area contributed by atoms with Gasteiger partial charge in [-0.2, -0.15) is 0 Å². The fourth-order valence-corrected chi connectivity index (χ4v) is 9.34. The Morgan fingerprint density at radius 1 is 0.396 bits per heavy atom. The highest BCUT2D eigenvalue weighted by atomic mass is 32.1. The first-order valence-electron chi connectivity index (χ1n) is 18.0. The predicted molar refractivity (Wildman–Crippen MR) is 227 cm³/mol. The van der Waals surface area contributed by atoms with Crippen molar-refractivity contribution in [1.29, 1.82) is 0 Å². The fourth-order valence-electron chi connectivity index (χ4n) is 8.23. The summed E-state index contributed by atoms with van der Waals surface area (Å²) >= 11 is 1.86. The minimum atomic E-state index is 0.874. The molecule has 0 N–H and O–H groups in total. The molecular formula is C50H31NOS. The molecule has 0 atom stereocenters. The van der Waals surface area contributed by atoms with Gasteiger partial charge in [-0.3, -0.25) is 0 Å². The summed E-state index contributed by atoms with van der Waals surface area (Å²) in [6.45, 7) is 0. The highest BCUT2D eigenvalue weighted by Crippen LogP contribution is 2.47. The second-order valence-corrected chi connectivity index (χ2v) is 14.7. The maximum Gasteiger partial charge on any atom is 0.159 e. The second kappa shape index (κ2) is 11.9. The second-order valence-electron chi connectivity index (χ2n) is 13.7. The summed E-state index contributed by atoms with van der Waals surface area (Å²) in [5.41, 5.74) is 9.81. The topological polar surface area (TPSA) is 16.4 Å². The van der Waals surface area contributed by atoms with Crippen molar-refractivity contribution in [3.63, 3.8) is 0 Å². The standard InChI is InChI=1S/C50H31NOS/c1-2-11-32(12-3-1)33-25-27-36(28-26-33)51(44-20-9-19-42-39-16-6-7-21-45(39)52-50(42)44)37-29-30-46-43(31-37)49-41(18-10-22-47(49)53-46)40-17-8-14-35-24-23-34-13-4-5-15-38(34)48(35)40/h1-31H. The van der Waals surface area contributed by atoms with Crippen molar-refractivity contribution in [3.8, 4) is 22.3 Å². The first-order chi connectivity index (χ1) is 26.3. The maximum atomic E-state index is 6.66. The quantitative estimate of drug-likeness (QED) is 0.167. The molecule has 0 bridgehead atoms. The molecule has 9 aromatic carbocycles. The molecule has 0 aliphatic heterocycles. The van der Waals surface area contributed by atoms with Gasteiger partial charge in [-0.1, -0.05) is 140 Å². The molecule has 248 valence electrons. The van der Waals surface area contributed by atoms with E-state index in [-0.39, 0.29) is 0 Å². The van der Waals surface area contributed by atoms with Crippen LogP contribution in [0.1, 0.15) is 0 Å². The smallest absolute Gasteiger partial charge is 0.159 e. The molecule has 2 heterocycles. The Hall–Kier alpha value is -6.68. The number of para-hydroxylation sites is 2. The Kier molecular flexibility index (Phi) is 6.76. The van der Waals surface area contributed by atoms with Crippen molar-refractivity contribution >= 4 is 92.1 Å². The van der Waals surface area contributed by atoms with Gasteiger partial charge in [0, 0.05) is 42.3 Å². The van der Waals surface area contributed by atoms with E-state index in [1.165, 1.54) is 64.0 Å². The van der Waals surface area contributed by atoms with Crippen LogP contribution in [0.3, 0.4) is 0 Å². The molecule has 0 saturated carbocycles. The molecule has 0 fully saturated rings. The van der Waals surface area contributed by atoms with Crippen LogP contribution >= 0.6 is 11.3 Å². The molecule has 2 aromatic heterocycles. The van der Waals surface area contributed by atoms with Crippen molar-refractivity contribution < 1.29 is 4.42 Å². The van der Waals surface area contributed by atoms with Gasteiger partial charge in [0.25, 0.3) is 0 Å². The lowest BCUT2D eigenvalue weighted by atomic mass is 9.91. The summed E-state index contributed by atoms with van der Waals surface area (Å²) in [6, 6.07) is 67.9. The van der Waals surface area contributed by atoms with E-state index in [1.807, 2.05) is 17.4 Å². The highest BCUT2D eigenvalue weighted by Gasteiger charge is 2.21. The van der Waals surface area contributed by atoms with E-state index in [1.54, 1.807) is 0 Å². The fraction of sp³-hybridized carbons (Fsp3) is 0. The largest absolute Gasteiger partial charge is 0.454 e. The van der Waals surface area contributed by atoms with Gasteiger partial charge in [0.15, 0.2) is 5.58 Å². The SMILES string of the molecule is c1ccc(-c2ccc(N(c3ccc4sc5cccc(-c6cccc7ccc8ccccc8c67)c5c4c3)c3cccc4c3oc3ccccc34)cc2)cc1. The summed E-state index contributed by atoms with van der Waals surface area (Å²) < 4.78 is 9.21. The molecular weight excluding hydrogens is 663 g/mol. The molecule has 0 unspecified atom stereocenters. The average molecular weight is 694 g/mol. The first-order valence-corrected chi connectivity index (χ1v) is 18.8. The third-order valence-corrected chi connectivity index (χ3v) is 11.8. The minimum Gasteiger partial charge on any atom is -0.454 e. The van der Waals surface area contributed by atoms with E-state index >= 15 is 0 Å². The zero-order chi connectivity index (χ0) is 34.9. The molecule has 53 heavy (non-hydrogen) atoms. The molecule has 3 heteroatoms. The van der Waals surface area contributed by atoms with Crippen LogP contribution in [0.25, 0.3) is 85.9 Å². The van der Waals surface area contributed by atoms with Crippen LogP contribution in [0.4, 0.5) is 17.1 Å². The van der Waals surface area contributed by atoms with Crippen LogP contribution in [-0.4, -0.2) is 0 Å². The normalized spacial score (nSPS) is 11.8. The van der Waals surface area contributed by atoms with Gasteiger partial charge in [-0.05, 0) is 92.3 Å². The van der Waals surface area contributed by atoms with Gasteiger partial charge in [0.05, 0.1) is 5.69 Å².